The molecule has 0 aromatic heterocycles. The van der Waals surface area contributed by atoms with Crippen LogP contribution in [-0.4, -0.2) is 28.2 Å². The Balaban J connectivity index is 2.61. The summed E-state index contributed by atoms with van der Waals surface area (Å²) >= 11 is 1.44. The van der Waals surface area contributed by atoms with E-state index < -0.39 is 10.8 Å². The summed E-state index contributed by atoms with van der Waals surface area (Å²) in [6.45, 7) is 2.49. The summed E-state index contributed by atoms with van der Waals surface area (Å²) in [7, 11) is 0. The van der Waals surface area contributed by atoms with Crippen molar-refractivity contribution in [2.24, 2.45) is 0 Å². The van der Waals surface area contributed by atoms with E-state index in [1.54, 1.807) is 6.92 Å². The molecule has 0 saturated carbocycles. The molecule has 1 aliphatic rings. The molecule has 52 valence electrons. The van der Waals surface area contributed by atoms with E-state index >= 15 is 0 Å². The van der Waals surface area contributed by atoms with Crippen LogP contribution in [0.4, 0.5) is 0 Å². The van der Waals surface area contributed by atoms with Crippen LogP contribution in [0.5, 0.6) is 0 Å². The molecule has 0 aromatic rings. The van der Waals surface area contributed by atoms with E-state index in [0.29, 0.717) is 0 Å². The van der Waals surface area contributed by atoms with Gasteiger partial charge in [-0.25, -0.2) is 4.79 Å². The fourth-order valence-electron chi connectivity index (χ4n) is 0.733. The molecule has 4 heteroatoms. The first kappa shape index (κ1) is 6.89. The second-order valence-electron chi connectivity index (χ2n) is 2.11. The van der Waals surface area contributed by atoms with E-state index in [1.165, 1.54) is 11.8 Å². The average molecular weight is 147 g/mol. The minimum Gasteiger partial charge on any atom is -0.479 e. The molecule has 0 radical (unpaired) electrons. The largest absolute Gasteiger partial charge is 0.479 e. The molecule has 0 aliphatic carbocycles. The van der Waals surface area contributed by atoms with Crippen molar-refractivity contribution in [2.45, 2.75) is 11.8 Å². The molecule has 1 aliphatic heterocycles. The zero-order valence-corrected chi connectivity index (χ0v) is 5.99. The zero-order valence-electron chi connectivity index (χ0n) is 5.18. The first-order valence-corrected chi connectivity index (χ1v) is 3.76. The lowest BCUT2D eigenvalue weighted by Crippen LogP contribution is -2.41. The van der Waals surface area contributed by atoms with Crippen molar-refractivity contribution in [1.82, 2.24) is 5.32 Å². The molecular weight excluding hydrogens is 138 g/mol. The van der Waals surface area contributed by atoms with Crippen molar-refractivity contribution >= 4 is 17.7 Å². The quantitative estimate of drug-likeness (QED) is 0.553. The Hall–Kier alpha value is -0.220. The molecule has 0 spiro atoms. The highest BCUT2D eigenvalue weighted by Crippen LogP contribution is 2.26. The van der Waals surface area contributed by atoms with E-state index in [1.807, 2.05) is 0 Å². The second kappa shape index (κ2) is 2.19. The molecule has 0 unspecified atom stereocenters. The minimum atomic E-state index is -0.773. The van der Waals surface area contributed by atoms with Gasteiger partial charge >= 0.3 is 5.97 Å². The highest BCUT2D eigenvalue weighted by Gasteiger charge is 2.36. The maximum atomic E-state index is 10.4. The third-order valence-electron chi connectivity index (χ3n) is 1.36. The van der Waals surface area contributed by atoms with Gasteiger partial charge in [0.05, 0.1) is 0 Å². The Labute approximate surface area is 57.8 Å². The third-order valence-corrected chi connectivity index (χ3v) is 2.67. The second-order valence-corrected chi connectivity index (χ2v) is 3.63. The molecule has 0 aromatic carbocycles. The fraction of sp³-hybridized carbons (Fsp3) is 0.800. The van der Waals surface area contributed by atoms with Gasteiger partial charge < -0.3 is 5.11 Å². The van der Waals surface area contributed by atoms with Crippen LogP contribution in [0.2, 0.25) is 0 Å². The summed E-state index contributed by atoms with van der Waals surface area (Å²) in [5.74, 6) is 0.119. The molecule has 1 fully saturated rings. The number of rotatable bonds is 1. The van der Waals surface area contributed by atoms with Crippen molar-refractivity contribution in [3.05, 3.63) is 0 Å². The predicted octanol–water partition coefficient (Wildman–Crippen LogP) is 0.124. The van der Waals surface area contributed by atoms with Crippen LogP contribution in [0.15, 0.2) is 0 Å². The molecule has 0 bridgehead atoms. The Morgan fingerprint density at radius 2 is 2.56 bits per heavy atom. The van der Waals surface area contributed by atoms with Crippen LogP contribution in [-0.2, 0) is 4.79 Å². The number of hydrogen-bond acceptors (Lipinski definition) is 3. The summed E-state index contributed by atoms with van der Waals surface area (Å²) in [4.78, 5) is 9.72. The highest BCUT2D eigenvalue weighted by atomic mass is 32.2. The average Bonchev–Trinajstić information content (AvgIpc) is 2.16. The van der Waals surface area contributed by atoms with Gasteiger partial charge in [-0.2, -0.15) is 0 Å². The lowest BCUT2D eigenvalue weighted by molar-refractivity contribution is -0.140. The van der Waals surface area contributed by atoms with Crippen LogP contribution in [0.25, 0.3) is 0 Å². The molecule has 0 amide bonds. The zero-order chi connectivity index (χ0) is 6.91. The normalized spacial score (nSPS) is 34.8. The first-order valence-electron chi connectivity index (χ1n) is 2.77. The van der Waals surface area contributed by atoms with Crippen molar-refractivity contribution in [1.29, 1.82) is 0 Å². The first-order chi connectivity index (χ1) is 4.15. The van der Waals surface area contributed by atoms with Gasteiger partial charge in [-0.05, 0) is 6.92 Å². The number of thioether (sulfide) groups is 1. The standard InChI is InChI=1S/C5H9NO2S/c1-5(4(7)8)6-2-3-9-5/h6H,2-3H2,1H3,(H,7,8)/t5-/m0/s1. The van der Waals surface area contributed by atoms with Gasteiger partial charge in [-0.15, -0.1) is 11.8 Å². The smallest absolute Gasteiger partial charge is 0.334 e. The topological polar surface area (TPSA) is 49.3 Å². The lowest BCUT2D eigenvalue weighted by atomic mass is 10.3. The number of hydrogen-bond donors (Lipinski definition) is 2. The lowest BCUT2D eigenvalue weighted by Gasteiger charge is -2.15. The van der Waals surface area contributed by atoms with Gasteiger partial charge in [0, 0.05) is 12.3 Å². The SMILES string of the molecule is C[C@]1(C(=O)O)NCCS1. The number of aliphatic carboxylic acids is 1. The molecule has 3 nitrogen and oxygen atoms in total. The third kappa shape index (κ3) is 1.19. The molecule has 1 rings (SSSR count). The monoisotopic (exact) mass is 147 g/mol. The Morgan fingerprint density at radius 3 is 2.78 bits per heavy atom. The summed E-state index contributed by atoms with van der Waals surface area (Å²) in [5, 5.41) is 11.5. The number of carboxylic acids is 1. The van der Waals surface area contributed by atoms with E-state index in [9.17, 15) is 4.79 Å². The van der Waals surface area contributed by atoms with Gasteiger partial charge in [-0.1, -0.05) is 0 Å². The van der Waals surface area contributed by atoms with E-state index in [4.69, 9.17) is 5.11 Å². The van der Waals surface area contributed by atoms with Gasteiger partial charge in [0.2, 0.25) is 0 Å². The molecule has 1 saturated heterocycles. The Kier molecular flexibility index (Phi) is 1.68. The van der Waals surface area contributed by atoms with Gasteiger partial charge in [0.15, 0.2) is 4.87 Å². The van der Waals surface area contributed by atoms with E-state index in [-0.39, 0.29) is 0 Å². The Morgan fingerprint density at radius 1 is 1.89 bits per heavy atom. The summed E-state index contributed by atoms with van der Waals surface area (Å²) in [5.41, 5.74) is 0. The molecular formula is C5H9NO2S. The van der Waals surface area contributed by atoms with Crippen molar-refractivity contribution in [3.8, 4) is 0 Å². The Bertz CT molecular complexity index is 131. The van der Waals surface area contributed by atoms with Crippen molar-refractivity contribution in [3.63, 3.8) is 0 Å². The van der Waals surface area contributed by atoms with Crippen molar-refractivity contribution < 1.29 is 9.90 Å². The fourth-order valence-corrected chi connectivity index (χ4v) is 1.67. The van der Waals surface area contributed by atoms with Crippen molar-refractivity contribution in [2.75, 3.05) is 12.3 Å². The van der Waals surface area contributed by atoms with Crippen LogP contribution < -0.4 is 5.32 Å². The van der Waals surface area contributed by atoms with Gasteiger partial charge in [0.1, 0.15) is 0 Å². The molecule has 1 heterocycles. The van der Waals surface area contributed by atoms with E-state index in [0.717, 1.165) is 12.3 Å². The van der Waals surface area contributed by atoms with Crippen LogP contribution in [0.3, 0.4) is 0 Å². The van der Waals surface area contributed by atoms with Gasteiger partial charge in [-0.3, -0.25) is 5.32 Å². The van der Waals surface area contributed by atoms with E-state index in [2.05, 4.69) is 5.32 Å². The van der Waals surface area contributed by atoms with Gasteiger partial charge in [0.25, 0.3) is 0 Å². The number of nitrogens with one attached hydrogen (secondary N) is 1. The van der Waals surface area contributed by atoms with Crippen LogP contribution in [0.1, 0.15) is 6.92 Å². The van der Waals surface area contributed by atoms with Crippen LogP contribution in [0, 0.1) is 0 Å². The number of carboxylic acid groups (broad SMARTS) is 1. The number of carbonyl (C=O) groups is 1. The maximum absolute atomic E-state index is 10.4. The maximum Gasteiger partial charge on any atom is 0.334 e. The molecule has 9 heavy (non-hydrogen) atoms. The molecule has 1 atom stereocenters. The minimum absolute atomic E-state index is 0.722. The summed E-state index contributed by atoms with van der Waals surface area (Å²) in [6, 6.07) is 0. The molecule has 2 N–H and O–H groups in total. The summed E-state index contributed by atoms with van der Waals surface area (Å²) < 4.78 is 0. The summed E-state index contributed by atoms with van der Waals surface area (Å²) in [6.07, 6.45) is 0. The van der Waals surface area contributed by atoms with Crippen LogP contribution >= 0.6 is 11.8 Å². The highest BCUT2D eigenvalue weighted by molar-refractivity contribution is 8.01. The predicted molar refractivity (Wildman–Crippen MR) is 36.5 cm³/mol.